The quantitative estimate of drug-likeness (QED) is 0.883. The smallest absolute Gasteiger partial charge is 0.131 e. The van der Waals surface area contributed by atoms with Gasteiger partial charge in [0.2, 0.25) is 0 Å². The van der Waals surface area contributed by atoms with E-state index in [0.717, 1.165) is 0 Å². The Balaban J connectivity index is 2.34. The van der Waals surface area contributed by atoms with Crippen LogP contribution < -0.4 is 0 Å². The second-order valence-corrected chi connectivity index (χ2v) is 6.70. The lowest BCUT2D eigenvalue weighted by Crippen LogP contribution is -2.33. The van der Waals surface area contributed by atoms with Gasteiger partial charge < -0.3 is 9.84 Å². The molecule has 2 unspecified atom stereocenters. The molecular formula is C16H23FO2. The summed E-state index contributed by atoms with van der Waals surface area (Å²) in [5, 5.41) is 10.6. The number of hydrogen-bond donors (Lipinski definition) is 1. The molecule has 0 aliphatic carbocycles. The third-order valence-electron chi connectivity index (χ3n) is 4.07. The molecule has 1 heterocycles. The number of aliphatic hydroxyl groups is 1. The molecule has 0 saturated carbocycles. The predicted molar refractivity (Wildman–Crippen MR) is 73.4 cm³/mol. The van der Waals surface area contributed by atoms with Gasteiger partial charge in [-0.2, -0.15) is 0 Å². The molecule has 1 N–H and O–H groups in total. The molecule has 19 heavy (non-hydrogen) atoms. The van der Waals surface area contributed by atoms with Crippen molar-refractivity contribution in [3.05, 3.63) is 35.1 Å². The number of halogens is 1. The average molecular weight is 266 g/mol. The Labute approximate surface area is 114 Å². The molecule has 2 rings (SSSR count). The van der Waals surface area contributed by atoms with E-state index in [1.54, 1.807) is 25.1 Å². The summed E-state index contributed by atoms with van der Waals surface area (Å²) in [6.45, 7) is 9.65. The number of hydrogen-bond acceptors (Lipinski definition) is 2. The van der Waals surface area contributed by atoms with Crippen LogP contribution in [0.5, 0.6) is 0 Å². The van der Waals surface area contributed by atoms with Crippen molar-refractivity contribution in [1.29, 1.82) is 0 Å². The molecule has 1 fully saturated rings. The van der Waals surface area contributed by atoms with Crippen LogP contribution in [0.3, 0.4) is 0 Å². The Hall–Kier alpha value is -0.930. The number of aliphatic hydroxyl groups excluding tert-OH is 1. The topological polar surface area (TPSA) is 29.5 Å². The van der Waals surface area contributed by atoms with E-state index in [9.17, 15) is 9.50 Å². The van der Waals surface area contributed by atoms with Gasteiger partial charge in [0.15, 0.2) is 0 Å². The van der Waals surface area contributed by atoms with E-state index in [4.69, 9.17) is 4.74 Å². The van der Waals surface area contributed by atoms with Crippen LogP contribution in [0.15, 0.2) is 18.2 Å². The third kappa shape index (κ3) is 2.67. The van der Waals surface area contributed by atoms with Crippen molar-refractivity contribution in [3.8, 4) is 0 Å². The number of rotatable bonds is 2. The van der Waals surface area contributed by atoms with E-state index >= 15 is 0 Å². The first-order valence-corrected chi connectivity index (χ1v) is 6.77. The Morgan fingerprint density at radius 3 is 2.47 bits per heavy atom. The molecule has 2 atom stereocenters. The number of benzene rings is 1. The highest BCUT2D eigenvalue weighted by molar-refractivity contribution is 5.28. The second kappa shape index (κ2) is 4.57. The van der Waals surface area contributed by atoms with Crippen molar-refractivity contribution in [2.75, 3.05) is 0 Å². The first-order valence-electron chi connectivity index (χ1n) is 6.77. The first-order chi connectivity index (χ1) is 8.64. The average Bonchev–Trinajstić information content (AvgIpc) is 2.50. The van der Waals surface area contributed by atoms with Gasteiger partial charge in [0, 0.05) is 11.5 Å². The first kappa shape index (κ1) is 14.5. The van der Waals surface area contributed by atoms with Gasteiger partial charge in [-0.25, -0.2) is 4.39 Å². The summed E-state index contributed by atoms with van der Waals surface area (Å²) < 4.78 is 20.1. The van der Waals surface area contributed by atoms with E-state index in [1.807, 2.05) is 27.7 Å². The Bertz CT molecular complexity index is 480. The van der Waals surface area contributed by atoms with Crippen LogP contribution in [0.1, 0.15) is 51.3 Å². The maximum Gasteiger partial charge on any atom is 0.131 e. The summed E-state index contributed by atoms with van der Waals surface area (Å²) in [6, 6.07) is 5.16. The standard InChI is InChI=1S/C16H23FO2/c1-10-7-6-8-11(13(10)17)14(18)12-9-15(2,3)19-16(12,4)5/h6-8,12,14,18H,9H2,1-5H3. The van der Waals surface area contributed by atoms with E-state index in [1.165, 1.54) is 0 Å². The lowest BCUT2D eigenvalue weighted by atomic mass is 9.80. The van der Waals surface area contributed by atoms with Gasteiger partial charge in [-0.1, -0.05) is 18.2 Å². The highest BCUT2D eigenvalue weighted by Crippen LogP contribution is 2.48. The fourth-order valence-corrected chi connectivity index (χ4v) is 3.21. The minimum Gasteiger partial charge on any atom is -0.388 e. The van der Waals surface area contributed by atoms with Crippen molar-refractivity contribution in [1.82, 2.24) is 0 Å². The summed E-state index contributed by atoms with van der Waals surface area (Å²) in [6.07, 6.45) is -0.120. The van der Waals surface area contributed by atoms with Crippen LogP contribution in [-0.4, -0.2) is 16.3 Å². The fraction of sp³-hybridized carbons (Fsp3) is 0.625. The van der Waals surface area contributed by atoms with Crippen LogP contribution in [-0.2, 0) is 4.74 Å². The molecule has 0 radical (unpaired) electrons. The van der Waals surface area contributed by atoms with Gasteiger partial charge in [-0.05, 0) is 46.6 Å². The molecule has 2 nitrogen and oxygen atoms in total. The molecule has 1 aromatic carbocycles. The van der Waals surface area contributed by atoms with Crippen LogP contribution in [0.2, 0.25) is 0 Å². The summed E-state index contributed by atoms with van der Waals surface area (Å²) in [7, 11) is 0. The van der Waals surface area contributed by atoms with Crippen LogP contribution in [0.25, 0.3) is 0 Å². The number of ether oxygens (including phenoxy) is 1. The molecular weight excluding hydrogens is 243 g/mol. The normalized spacial score (nSPS) is 26.4. The Kier molecular flexibility index (Phi) is 3.48. The molecule has 3 heteroatoms. The van der Waals surface area contributed by atoms with Crippen molar-refractivity contribution in [2.24, 2.45) is 5.92 Å². The summed E-state index contributed by atoms with van der Waals surface area (Å²) in [5.74, 6) is -0.422. The van der Waals surface area contributed by atoms with Gasteiger partial charge in [-0.3, -0.25) is 0 Å². The molecule has 1 aromatic rings. The largest absolute Gasteiger partial charge is 0.388 e. The fourth-order valence-electron chi connectivity index (χ4n) is 3.21. The third-order valence-corrected chi connectivity index (χ3v) is 4.07. The minimum atomic E-state index is -0.836. The summed E-state index contributed by atoms with van der Waals surface area (Å²) >= 11 is 0. The Morgan fingerprint density at radius 1 is 1.32 bits per heavy atom. The van der Waals surface area contributed by atoms with Gasteiger partial charge in [-0.15, -0.1) is 0 Å². The molecule has 0 bridgehead atoms. The maximum absolute atomic E-state index is 14.1. The van der Waals surface area contributed by atoms with Gasteiger partial charge >= 0.3 is 0 Å². The van der Waals surface area contributed by atoms with E-state index in [0.29, 0.717) is 17.5 Å². The van der Waals surface area contributed by atoms with E-state index < -0.39 is 11.7 Å². The molecule has 1 aliphatic heterocycles. The molecule has 1 aliphatic rings. The molecule has 0 spiro atoms. The van der Waals surface area contributed by atoms with E-state index in [-0.39, 0.29) is 17.3 Å². The molecule has 0 amide bonds. The summed E-state index contributed by atoms with van der Waals surface area (Å²) in [5.41, 5.74) is 0.195. The monoisotopic (exact) mass is 266 g/mol. The number of aryl methyl sites for hydroxylation is 1. The zero-order valence-electron chi connectivity index (χ0n) is 12.3. The highest BCUT2D eigenvalue weighted by atomic mass is 19.1. The zero-order chi connectivity index (χ0) is 14.4. The predicted octanol–water partition coefficient (Wildman–Crippen LogP) is 3.76. The Morgan fingerprint density at radius 2 is 1.95 bits per heavy atom. The summed E-state index contributed by atoms with van der Waals surface area (Å²) in [4.78, 5) is 0. The highest BCUT2D eigenvalue weighted by Gasteiger charge is 2.49. The van der Waals surface area contributed by atoms with Crippen molar-refractivity contribution in [2.45, 2.75) is 58.3 Å². The van der Waals surface area contributed by atoms with Crippen molar-refractivity contribution < 1.29 is 14.2 Å². The zero-order valence-corrected chi connectivity index (χ0v) is 12.3. The van der Waals surface area contributed by atoms with Crippen LogP contribution in [0.4, 0.5) is 4.39 Å². The second-order valence-electron chi connectivity index (χ2n) is 6.70. The van der Waals surface area contributed by atoms with Gasteiger partial charge in [0.1, 0.15) is 5.82 Å². The minimum absolute atomic E-state index is 0.112. The van der Waals surface area contributed by atoms with Gasteiger partial charge in [0.25, 0.3) is 0 Å². The van der Waals surface area contributed by atoms with Gasteiger partial charge in [0.05, 0.1) is 17.3 Å². The maximum atomic E-state index is 14.1. The lowest BCUT2D eigenvalue weighted by molar-refractivity contribution is -0.0882. The van der Waals surface area contributed by atoms with E-state index in [2.05, 4.69) is 0 Å². The van der Waals surface area contributed by atoms with Crippen molar-refractivity contribution in [3.63, 3.8) is 0 Å². The molecule has 1 saturated heterocycles. The lowest BCUT2D eigenvalue weighted by Gasteiger charge is -2.30. The molecule has 106 valence electrons. The van der Waals surface area contributed by atoms with Crippen LogP contribution >= 0.6 is 0 Å². The van der Waals surface area contributed by atoms with Crippen LogP contribution in [0, 0.1) is 18.7 Å². The van der Waals surface area contributed by atoms with Crippen molar-refractivity contribution >= 4 is 0 Å². The molecule has 0 aromatic heterocycles. The SMILES string of the molecule is Cc1cccc(C(O)C2CC(C)(C)OC2(C)C)c1F.